The first-order chi connectivity index (χ1) is 7.10. The second-order valence-electron chi connectivity index (χ2n) is 2.81. The highest BCUT2D eigenvalue weighted by molar-refractivity contribution is 6.30. The van der Waals surface area contributed by atoms with E-state index in [1.165, 1.54) is 6.07 Å². The van der Waals surface area contributed by atoms with E-state index in [-0.39, 0.29) is 23.7 Å². The number of halogens is 3. The SMILES string of the molecule is N#CCc1nc(Cl)c(C(F)F)cc1CN. The second-order valence-corrected chi connectivity index (χ2v) is 3.17. The van der Waals surface area contributed by atoms with E-state index in [4.69, 9.17) is 22.6 Å². The zero-order valence-corrected chi connectivity index (χ0v) is 8.43. The van der Waals surface area contributed by atoms with E-state index >= 15 is 0 Å². The molecule has 1 heterocycles. The summed E-state index contributed by atoms with van der Waals surface area (Å²) < 4.78 is 24.9. The Morgan fingerprint density at radius 3 is 2.73 bits per heavy atom. The molecule has 0 aromatic carbocycles. The average molecular weight is 232 g/mol. The smallest absolute Gasteiger partial charge is 0.266 e. The van der Waals surface area contributed by atoms with Gasteiger partial charge in [-0.05, 0) is 11.6 Å². The predicted molar refractivity (Wildman–Crippen MR) is 51.4 cm³/mol. The summed E-state index contributed by atoms with van der Waals surface area (Å²) in [5.74, 6) is 0. The number of nitrogens with zero attached hydrogens (tertiary/aromatic N) is 2. The molecule has 1 rings (SSSR count). The topological polar surface area (TPSA) is 62.7 Å². The van der Waals surface area contributed by atoms with Gasteiger partial charge >= 0.3 is 0 Å². The molecule has 3 nitrogen and oxygen atoms in total. The quantitative estimate of drug-likeness (QED) is 0.811. The zero-order valence-electron chi connectivity index (χ0n) is 7.67. The zero-order chi connectivity index (χ0) is 11.4. The number of nitrogens with two attached hydrogens (primary N) is 1. The lowest BCUT2D eigenvalue weighted by molar-refractivity contribution is 0.151. The van der Waals surface area contributed by atoms with Crippen LogP contribution in [-0.4, -0.2) is 4.98 Å². The van der Waals surface area contributed by atoms with E-state index in [2.05, 4.69) is 4.98 Å². The highest BCUT2D eigenvalue weighted by Crippen LogP contribution is 2.27. The van der Waals surface area contributed by atoms with Crippen LogP contribution in [0.5, 0.6) is 0 Å². The Bertz CT molecular complexity index is 401. The minimum atomic E-state index is -2.69. The van der Waals surface area contributed by atoms with Crippen LogP contribution in [0, 0.1) is 11.3 Å². The first-order valence-electron chi connectivity index (χ1n) is 4.13. The number of hydrogen-bond acceptors (Lipinski definition) is 3. The van der Waals surface area contributed by atoms with Crippen LogP contribution in [0.4, 0.5) is 8.78 Å². The maximum atomic E-state index is 12.4. The molecule has 0 atom stereocenters. The lowest BCUT2D eigenvalue weighted by atomic mass is 10.1. The van der Waals surface area contributed by atoms with E-state index in [1.807, 2.05) is 6.07 Å². The Morgan fingerprint density at radius 2 is 2.27 bits per heavy atom. The summed E-state index contributed by atoms with van der Waals surface area (Å²) in [4.78, 5) is 3.74. The Balaban J connectivity index is 3.24. The molecule has 0 fully saturated rings. The number of nitriles is 1. The highest BCUT2D eigenvalue weighted by Gasteiger charge is 2.16. The minimum absolute atomic E-state index is 0.00969. The lowest BCUT2D eigenvalue weighted by Crippen LogP contribution is -2.06. The van der Waals surface area contributed by atoms with Gasteiger partial charge in [0.15, 0.2) is 0 Å². The van der Waals surface area contributed by atoms with Crippen LogP contribution < -0.4 is 5.73 Å². The van der Waals surface area contributed by atoms with Crippen molar-refractivity contribution in [3.05, 3.63) is 28.0 Å². The normalized spacial score (nSPS) is 10.4. The lowest BCUT2D eigenvalue weighted by Gasteiger charge is -2.08. The molecule has 0 bridgehead atoms. The first kappa shape index (κ1) is 11.8. The third-order valence-corrected chi connectivity index (χ3v) is 2.18. The number of alkyl halides is 2. The van der Waals surface area contributed by atoms with Gasteiger partial charge in [-0.2, -0.15) is 5.26 Å². The van der Waals surface area contributed by atoms with Crippen molar-refractivity contribution in [3.8, 4) is 6.07 Å². The standard InChI is InChI=1S/C9H8ClF2N3/c10-8-6(9(11)12)3-5(4-14)7(15-8)1-2-13/h3,9H,1,4,14H2. The van der Waals surface area contributed by atoms with Gasteiger partial charge < -0.3 is 5.73 Å². The van der Waals surface area contributed by atoms with Gasteiger partial charge in [-0.1, -0.05) is 11.6 Å². The molecular weight excluding hydrogens is 224 g/mol. The maximum Gasteiger partial charge on any atom is 0.266 e. The van der Waals surface area contributed by atoms with Gasteiger partial charge in [-0.3, -0.25) is 0 Å². The van der Waals surface area contributed by atoms with Crippen LogP contribution >= 0.6 is 11.6 Å². The molecule has 15 heavy (non-hydrogen) atoms. The second kappa shape index (κ2) is 5.01. The van der Waals surface area contributed by atoms with Gasteiger partial charge in [-0.15, -0.1) is 0 Å². The van der Waals surface area contributed by atoms with Gasteiger partial charge in [0.05, 0.1) is 23.7 Å². The molecule has 0 aliphatic carbocycles. The first-order valence-corrected chi connectivity index (χ1v) is 4.51. The van der Waals surface area contributed by atoms with Crippen LogP contribution in [0.25, 0.3) is 0 Å². The van der Waals surface area contributed by atoms with Crippen molar-refractivity contribution < 1.29 is 8.78 Å². The molecule has 0 unspecified atom stereocenters. The Labute approximate surface area is 90.5 Å². The largest absolute Gasteiger partial charge is 0.326 e. The molecule has 0 aliphatic heterocycles. The fourth-order valence-corrected chi connectivity index (χ4v) is 1.38. The van der Waals surface area contributed by atoms with Crippen molar-refractivity contribution in [2.24, 2.45) is 5.73 Å². The fraction of sp³-hybridized carbons (Fsp3) is 0.333. The van der Waals surface area contributed by atoms with Gasteiger partial charge in [0.2, 0.25) is 0 Å². The van der Waals surface area contributed by atoms with E-state index in [1.54, 1.807) is 0 Å². The predicted octanol–water partition coefficient (Wildman–Crippen LogP) is 2.20. The minimum Gasteiger partial charge on any atom is -0.326 e. The van der Waals surface area contributed by atoms with Gasteiger partial charge in [0, 0.05) is 6.54 Å². The van der Waals surface area contributed by atoms with Crippen molar-refractivity contribution in [1.82, 2.24) is 4.98 Å². The van der Waals surface area contributed by atoms with E-state index < -0.39 is 6.43 Å². The molecule has 2 N–H and O–H groups in total. The molecule has 0 amide bonds. The maximum absolute atomic E-state index is 12.4. The van der Waals surface area contributed by atoms with Crippen molar-refractivity contribution >= 4 is 11.6 Å². The van der Waals surface area contributed by atoms with Crippen molar-refractivity contribution in [3.63, 3.8) is 0 Å². The third-order valence-electron chi connectivity index (χ3n) is 1.87. The Morgan fingerprint density at radius 1 is 1.60 bits per heavy atom. The molecule has 0 saturated carbocycles. The molecule has 0 radical (unpaired) electrons. The summed E-state index contributed by atoms with van der Waals surface area (Å²) in [7, 11) is 0. The van der Waals surface area contributed by atoms with Crippen molar-refractivity contribution in [1.29, 1.82) is 5.26 Å². The van der Waals surface area contributed by atoms with Crippen LogP contribution in [0.15, 0.2) is 6.07 Å². The van der Waals surface area contributed by atoms with Crippen molar-refractivity contribution in [2.75, 3.05) is 0 Å². The number of aromatic nitrogens is 1. The molecule has 1 aromatic rings. The van der Waals surface area contributed by atoms with E-state index in [0.717, 1.165) is 0 Å². The summed E-state index contributed by atoms with van der Waals surface area (Å²) in [6.07, 6.45) is -2.68. The fourth-order valence-electron chi connectivity index (χ4n) is 1.14. The van der Waals surface area contributed by atoms with Crippen LogP contribution in [0.1, 0.15) is 23.2 Å². The number of rotatable bonds is 3. The van der Waals surface area contributed by atoms with E-state index in [0.29, 0.717) is 11.3 Å². The third kappa shape index (κ3) is 2.61. The Hall–Kier alpha value is -1.25. The molecule has 80 valence electrons. The summed E-state index contributed by atoms with van der Waals surface area (Å²) >= 11 is 5.55. The molecule has 0 spiro atoms. The molecule has 6 heteroatoms. The summed E-state index contributed by atoms with van der Waals surface area (Å²) in [5, 5.41) is 8.22. The van der Waals surface area contributed by atoms with Crippen LogP contribution in [0.3, 0.4) is 0 Å². The summed E-state index contributed by atoms with van der Waals surface area (Å²) in [6, 6.07) is 3.07. The van der Waals surface area contributed by atoms with Crippen molar-refractivity contribution in [2.45, 2.75) is 19.4 Å². The molecule has 1 aromatic heterocycles. The summed E-state index contributed by atoms with van der Waals surface area (Å²) in [5.41, 5.74) is 5.80. The monoisotopic (exact) mass is 231 g/mol. The van der Waals surface area contributed by atoms with E-state index in [9.17, 15) is 8.78 Å². The van der Waals surface area contributed by atoms with Gasteiger partial charge in [-0.25, -0.2) is 13.8 Å². The number of pyridine rings is 1. The number of hydrogen-bond donors (Lipinski definition) is 1. The van der Waals surface area contributed by atoms with Gasteiger partial charge in [0.25, 0.3) is 6.43 Å². The molecule has 0 aliphatic rings. The van der Waals surface area contributed by atoms with Gasteiger partial charge in [0.1, 0.15) is 5.15 Å². The van der Waals surface area contributed by atoms with Crippen LogP contribution in [0.2, 0.25) is 5.15 Å². The van der Waals surface area contributed by atoms with Crippen LogP contribution in [-0.2, 0) is 13.0 Å². The molecular formula is C9H8ClF2N3. The molecule has 0 saturated heterocycles. The highest BCUT2D eigenvalue weighted by atomic mass is 35.5. The summed E-state index contributed by atoms with van der Waals surface area (Å²) in [6.45, 7) is 0.0565. The Kier molecular flexibility index (Phi) is 3.95. The average Bonchev–Trinajstić information content (AvgIpc) is 2.18.